The number of carbonyl (C=O) groups is 1. The number of hydrogen-bond acceptors (Lipinski definition) is 4. The topological polar surface area (TPSA) is 53.6 Å². The third-order valence-corrected chi connectivity index (χ3v) is 4.62. The van der Waals surface area contributed by atoms with Crippen LogP contribution in [0.15, 0.2) is 30.3 Å². The van der Waals surface area contributed by atoms with Gasteiger partial charge in [0, 0.05) is 29.7 Å². The summed E-state index contributed by atoms with van der Waals surface area (Å²) >= 11 is 6.10. The smallest absolute Gasteiger partial charge is 0.251 e. The van der Waals surface area contributed by atoms with Crippen molar-refractivity contribution in [3.63, 3.8) is 0 Å². The molecule has 0 saturated heterocycles. The summed E-state index contributed by atoms with van der Waals surface area (Å²) in [7, 11) is 3.64. The Morgan fingerprint density at radius 1 is 1.38 bits per heavy atom. The summed E-state index contributed by atoms with van der Waals surface area (Å²) in [6.07, 6.45) is 0. The number of amides is 1. The monoisotopic (exact) mass is 345 g/mol. The summed E-state index contributed by atoms with van der Waals surface area (Å²) in [5, 5.41) is 6.86. The lowest BCUT2D eigenvalue weighted by atomic mass is 10.1. The van der Waals surface area contributed by atoms with Crippen LogP contribution in [0.1, 0.15) is 21.5 Å². The summed E-state index contributed by atoms with van der Waals surface area (Å²) < 4.78 is 5.46. The fourth-order valence-corrected chi connectivity index (χ4v) is 3.03. The van der Waals surface area contributed by atoms with Crippen LogP contribution in [-0.4, -0.2) is 26.7 Å². The number of carbonyl (C=O) groups excluding carboxylic acids is 1. The Hall–Kier alpha value is -2.40. The Morgan fingerprint density at radius 3 is 2.88 bits per heavy atom. The van der Waals surface area contributed by atoms with Crippen molar-refractivity contribution in [3.8, 4) is 5.75 Å². The van der Waals surface area contributed by atoms with Gasteiger partial charge in [0.05, 0.1) is 25.2 Å². The van der Waals surface area contributed by atoms with Gasteiger partial charge >= 0.3 is 0 Å². The van der Waals surface area contributed by atoms with Crippen LogP contribution < -0.4 is 20.3 Å². The fourth-order valence-electron chi connectivity index (χ4n) is 2.85. The average molecular weight is 346 g/mol. The van der Waals surface area contributed by atoms with Crippen LogP contribution in [0.5, 0.6) is 5.75 Å². The SMILES string of the molecule is COc1ccc2c(c1CNC(=O)c1ccc(C)c(Cl)c1)N(C)CN2. The predicted molar refractivity (Wildman–Crippen MR) is 97.2 cm³/mol. The summed E-state index contributed by atoms with van der Waals surface area (Å²) in [5.74, 6) is 0.594. The Bertz CT molecular complexity index is 792. The predicted octanol–water partition coefficient (Wildman–Crippen LogP) is 3.41. The second-order valence-corrected chi connectivity index (χ2v) is 6.23. The Morgan fingerprint density at radius 2 is 2.17 bits per heavy atom. The highest BCUT2D eigenvalue weighted by Gasteiger charge is 2.22. The highest BCUT2D eigenvalue weighted by molar-refractivity contribution is 6.31. The maximum Gasteiger partial charge on any atom is 0.251 e. The van der Waals surface area contributed by atoms with Gasteiger partial charge in [-0.25, -0.2) is 0 Å². The van der Waals surface area contributed by atoms with Gasteiger partial charge in [0.15, 0.2) is 0 Å². The quantitative estimate of drug-likeness (QED) is 0.891. The summed E-state index contributed by atoms with van der Waals surface area (Å²) in [5.41, 5.74) is 4.54. The molecule has 0 unspecified atom stereocenters. The maximum absolute atomic E-state index is 12.4. The van der Waals surface area contributed by atoms with E-state index in [4.69, 9.17) is 16.3 Å². The van der Waals surface area contributed by atoms with Crippen LogP contribution in [0.4, 0.5) is 11.4 Å². The Kier molecular flexibility index (Phi) is 4.53. The van der Waals surface area contributed by atoms with Crippen molar-refractivity contribution < 1.29 is 9.53 Å². The van der Waals surface area contributed by atoms with Gasteiger partial charge in [-0.2, -0.15) is 0 Å². The minimum absolute atomic E-state index is 0.162. The van der Waals surface area contributed by atoms with Crippen molar-refractivity contribution in [1.82, 2.24) is 5.32 Å². The van der Waals surface area contributed by atoms with E-state index in [1.807, 2.05) is 32.2 Å². The molecule has 0 atom stereocenters. The molecule has 0 radical (unpaired) electrons. The van der Waals surface area contributed by atoms with Crippen molar-refractivity contribution in [2.75, 3.05) is 31.0 Å². The fraction of sp³-hybridized carbons (Fsp3) is 0.278. The second-order valence-electron chi connectivity index (χ2n) is 5.82. The standard InChI is InChI=1S/C18H20ClN3O2/c1-11-4-5-12(8-14(11)19)18(23)20-9-13-16(24-3)7-6-15-17(13)22(2)10-21-15/h4-8,21H,9-10H2,1-3H3,(H,20,23). The lowest BCUT2D eigenvalue weighted by Gasteiger charge is -2.18. The van der Waals surface area contributed by atoms with Crippen molar-refractivity contribution in [3.05, 3.63) is 52.0 Å². The molecule has 2 aromatic carbocycles. The summed E-state index contributed by atoms with van der Waals surface area (Å²) in [6.45, 7) is 3.02. The van der Waals surface area contributed by atoms with Crippen molar-refractivity contribution in [2.24, 2.45) is 0 Å². The first-order valence-electron chi connectivity index (χ1n) is 7.70. The van der Waals surface area contributed by atoms with Crippen molar-refractivity contribution >= 4 is 28.9 Å². The van der Waals surface area contributed by atoms with E-state index in [-0.39, 0.29) is 5.91 Å². The van der Waals surface area contributed by atoms with Gasteiger partial charge in [-0.1, -0.05) is 17.7 Å². The van der Waals surface area contributed by atoms with Crippen LogP contribution in [0.2, 0.25) is 5.02 Å². The molecule has 126 valence electrons. The van der Waals surface area contributed by atoms with Gasteiger partial charge in [-0.15, -0.1) is 0 Å². The van der Waals surface area contributed by atoms with Crippen LogP contribution in [-0.2, 0) is 6.54 Å². The molecule has 0 spiro atoms. The molecule has 0 bridgehead atoms. The van der Waals surface area contributed by atoms with E-state index >= 15 is 0 Å². The number of nitrogens with one attached hydrogen (secondary N) is 2. The van der Waals surface area contributed by atoms with E-state index < -0.39 is 0 Å². The highest BCUT2D eigenvalue weighted by Crippen LogP contribution is 2.39. The zero-order chi connectivity index (χ0) is 17.3. The van der Waals surface area contributed by atoms with Gasteiger partial charge in [0.25, 0.3) is 5.91 Å². The molecule has 24 heavy (non-hydrogen) atoms. The van der Waals surface area contributed by atoms with Gasteiger partial charge in [-0.05, 0) is 36.8 Å². The molecule has 6 heteroatoms. The van der Waals surface area contributed by atoms with E-state index in [1.165, 1.54) is 0 Å². The molecule has 0 aliphatic carbocycles. The number of fused-ring (bicyclic) bond motifs is 1. The minimum Gasteiger partial charge on any atom is -0.496 e. The number of anilines is 2. The second kappa shape index (κ2) is 6.61. The molecule has 5 nitrogen and oxygen atoms in total. The van der Waals surface area contributed by atoms with Gasteiger partial charge < -0.3 is 20.3 Å². The van der Waals surface area contributed by atoms with E-state index in [2.05, 4.69) is 15.5 Å². The van der Waals surface area contributed by atoms with Crippen LogP contribution in [0.3, 0.4) is 0 Å². The Balaban J connectivity index is 1.83. The summed E-state index contributed by atoms with van der Waals surface area (Å²) in [6, 6.07) is 9.21. The number of halogens is 1. The molecular formula is C18H20ClN3O2. The molecule has 1 aliphatic rings. The van der Waals surface area contributed by atoms with E-state index in [1.54, 1.807) is 19.2 Å². The van der Waals surface area contributed by atoms with Crippen molar-refractivity contribution in [1.29, 1.82) is 0 Å². The molecule has 0 saturated carbocycles. The third-order valence-electron chi connectivity index (χ3n) is 4.21. The number of nitrogens with zero attached hydrogens (tertiary/aromatic N) is 1. The molecular weight excluding hydrogens is 326 g/mol. The third kappa shape index (κ3) is 2.99. The zero-order valence-corrected chi connectivity index (χ0v) is 14.7. The maximum atomic E-state index is 12.4. The van der Waals surface area contributed by atoms with E-state index in [0.29, 0.717) is 17.1 Å². The first kappa shape index (κ1) is 16.5. The first-order chi connectivity index (χ1) is 11.5. The van der Waals surface area contributed by atoms with Crippen LogP contribution in [0.25, 0.3) is 0 Å². The summed E-state index contributed by atoms with van der Waals surface area (Å²) in [4.78, 5) is 14.5. The highest BCUT2D eigenvalue weighted by atomic mass is 35.5. The average Bonchev–Trinajstić information content (AvgIpc) is 2.96. The molecule has 1 amide bonds. The number of ether oxygens (including phenoxy) is 1. The molecule has 2 aromatic rings. The molecule has 0 aromatic heterocycles. The minimum atomic E-state index is -0.162. The van der Waals surface area contributed by atoms with Crippen LogP contribution >= 0.6 is 11.6 Å². The van der Waals surface area contributed by atoms with E-state index in [0.717, 1.165) is 34.9 Å². The molecule has 1 aliphatic heterocycles. The number of benzene rings is 2. The first-order valence-corrected chi connectivity index (χ1v) is 8.08. The largest absolute Gasteiger partial charge is 0.496 e. The van der Waals surface area contributed by atoms with Gasteiger partial charge in [-0.3, -0.25) is 4.79 Å². The van der Waals surface area contributed by atoms with E-state index in [9.17, 15) is 4.79 Å². The molecule has 2 N–H and O–H groups in total. The van der Waals surface area contributed by atoms with Crippen molar-refractivity contribution in [2.45, 2.75) is 13.5 Å². The lowest BCUT2D eigenvalue weighted by molar-refractivity contribution is 0.0950. The number of methoxy groups -OCH3 is 1. The molecule has 3 rings (SSSR count). The van der Waals surface area contributed by atoms with Gasteiger partial charge in [0.1, 0.15) is 5.75 Å². The van der Waals surface area contributed by atoms with Crippen LogP contribution in [0, 0.1) is 6.92 Å². The molecule has 1 heterocycles. The lowest BCUT2D eigenvalue weighted by Crippen LogP contribution is -2.24. The number of hydrogen-bond donors (Lipinski definition) is 2. The number of aryl methyl sites for hydroxylation is 1. The molecule has 0 fully saturated rings. The Labute approximate surface area is 146 Å². The normalized spacial score (nSPS) is 12.6. The number of rotatable bonds is 4. The van der Waals surface area contributed by atoms with Gasteiger partial charge in [0.2, 0.25) is 0 Å². The zero-order valence-electron chi connectivity index (χ0n) is 13.9.